The predicted octanol–water partition coefficient (Wildman–Crippen LogP) is 1.85. The lowest BCUT2D eigenvalue weighted by atomic mass is 10.1. The van der Waals surface area contributed by atoms with Crippen LogP contribution in [-0.4, -0.2) is 37.6 Å². The van der Waals surface area contributed by atoms with E-state index in [0.29, 0.717) is 0 Å². The van der Waals surface area contributed by atoms with Gasteiger partial charge in [-0.2, -0.15) is 0 Å². The largest absolute Gasteiger partial charge is 0.366 e. The number of carbonyl (C=O) groups excluding carboxylic acids is 1. The lowest BCUT2D eigenvalue weighted by Gasteiger charge is -2.27. The summed E-state index contributed by atoms with van der Waals surface area (Å²) in [6.07, 6.45) is 6.75. The molecular formula is C13H25N2O+. The van der Waals surface area contributed by atoms with Crippen molar-refractivity contribution in [3.63, 3.8) is 0 Å². The van der Waals surface area contributed by atoms with Gasteiger partial charge in [0, 0.05) is 5.57 Å². The third-order valence-electron chi connectivity index (χ3n) is 2.57. The number of hydrogen-bond donors (Lipinski definition) is 1. The number of quaternary nitrogens is 1. The molecule has 0 rings (SSSR count). The van der Waals surface area contributed by atoms with E-state index in [1.165, 1.54) is 0 Å². The molecule has 0 fully saturated rings. The van der Waals surface area contributed by atoms with Crippen LogP contribution < -0.4 is 5.73 Å². The van der Waals surface area contributed by atoms with Crippen molar-refractivity contribution in [3.05, 3.63) is 24.3 Å². The minimum atomic E-state index is -0.285. The summed E-state index contributed by atoms with van der Waals surface area (Å²) in [5, 5.41) is 0. The lowest BCUT2D eigenvalue weighted by molar-refractivity contribution is -0.878. The molecule has 3 heteroatoms. The van der Waals surface area contributed by atoms with Crippen molar-refractivity contribution < 1.29 is 9.28 Å². The zero-order valence-corrected chi connectivity index (χ0v) is 10.8. The van der Waals surface area contributed by atoms with Crippen LogP contribution >= 0.6 is 0 Å². The van der Waals surface area contributed by atoms with Crippen molar-refractivity contribution >= 4 is 5.91 Å². The fraction of sp³-hybridized carbons (Fsp3) is 0.615. The Morgan fingerprint density at radius 2 is 2.00 bits per heavy atom. The van der Waals surface area contributed by atoms with Crippen LogP contribution in [0.2, 0.25) is 0 Å². The zero-order chi connectivity index (χ0) is 12.6. The fourth-order valence-electron chi connectivity index (χ4n) is 1.47. The van der Waals surface area contributed by atoms with Crippen LogP contribution in [0.3, 0.4) is 0 Å². The Balaban J connectivity index is 4.43. The van der Waals surface area contributed by atoms with Crippen molar-refractivity contribution in [2.75, 3.05) is 27.2 Å². The molecule has 0 aromatic carbocycles. The quantitative estimate of drug-likeness (QED) is 0.382. The van der Waals surface area contributed by atoms with Crippen molar-refractivity contribution in [2.24, 2.45) is 5.73 Å². The van der Waals surface area contributed by atoms with Crippen LogP contribution in [0, 0.1) is 0 Å². The molecule has 0 aromatic rings. The number of rotatable bonds is 8. The standard InChI is InChI=1S/C13H24N2O/c1-5-7-8-12(13(14)16)9-11-15(3,4)10-6-2/h6,9H,2,5,7-8,10-11H2,1,3-4H3,(H-,14,16)/p+1. The van der Waals surface area contributed by atoms with Crippen molar-refractivity contribution in [1.82, 2.24) is 0 Å². The molecule has 0 unspecified atom stereocenters. The second kappa shape index (κ2) is 7.23. The fourth-order valence-corrected chi connectivity index (χ4v) is 1.47. The molecule has 0 radical (unpaired) electrons. The maximum Gasteiger partial charge on any atom is 0.244 e. The normalized spacial score (nSPS) is 12.6. The first-order valence-corrected chi connectivity index (χ1v) is 5.84. The van der Waals surface area contributed by atoms with Gasteiger partial charge < -0.3 is 10.2 Å². The monoisotopic (exact) mass is 225 g/mol. The molecule has 0 heterocycles. The molecule has 0 atom stereocenters. The molecule has 0 saturated heterocycles. The van der Waals surface area contributed by atoms with Gasteiger partial charge in [-0.1, -0.05) is 19.9 Å². The highest BCUT2D eigenvalue weighted by atomic mass is 16.1. The number of nitrogens with zero attached hydrogens (tertiary/aromatic N) is 1. The average Bonchev–Trinajstić information content (AvgIpc) is 2.17. The first kappa shape index (κ1) is 14.9. The van der Waals surface area contributed by atoms with Crippen LogP contribution in [0.5, 0.6) is 0 Å². The van der Waals surface area contributed by atoms with Crippen LogP contribution in [0.15, 0.2) is 24.3 Å². The maximum atomic E-state index is 11.2. The van der Waals surface area contributed by atoms with E-state index in [0.717, 1.165) is 42.4 Å². The summed E-state index contributed by atoms with van der Waals surface area (Å²) in [4.78, 5) is 11.2. The van der Waals surface area contributed by atoms with Crippen LogP contribution in [0.25, 0.3) is 0 Å². The first-order chi connectivity index (χ1) is 7.43. The highest BCUT2D eigenvalue weighted by Gasteiger charge is 2.12. The highest BCUT2D eigenvalue weighted by Crippen LogP contribution is 2.08. The molecule has 3 nitrogen and oxygen atoms in total. The molecular weight excluding hydrogens is 200 g/mol. The van der Waals surface area contributed by atoms with E-state index in [1.807, 2.05) is 12.2 Å². The smallest absolute Gasteiger partial charge is 0.244 e. The molecule has 1 amide bonds. The molecule has 2 N–H and O–H groups in total. The molecule has 0 saturated carbocycles. The second-order valence-corrected chi connectivity index (χ2v) is 4.79. The van der Waals surface area contributed by atoms with Gasteiger partial charge >= 0.3 is 0 Å². The Morgan fingerprint density at radius 3 is 2.44 bits per heavy atom. The number of primary amides is 1. The van der Waals surface area contributed by atoms with Crippen LogP contribution in [0.4, 0.5) is 0 Å². The summed E-state index contributed by atoms with van der Waals surface area (Å²) in [6.45, 7) is 7.54. The number of likely N-dealkylation sites (N-methyl/N-ethyl adjacent to an activating group) is 1. The van der Waals surface area contributed by atoms with E-state index in [-0.39, 0.29) is 5.91 Å². The van der Waals surface area contributed by atoms with Gasteiger partial charge in [0.1, 0.15) is 0 Å². The van der Waals surface area contributed by atoms with Gasteiger partial charge in [0.05, 0.1) is 27.2 Å². The Kier molecular flexibility index (Phi) is 6.74. The summed E-state index contributed by atoms with van der Waals surface area (Å²) in [7, 11) is 4.22. The molecule has 16 heavy (non-hydrogen) atoms. The zero-order valence-electron chi connectivity index (χ0n) is 10.8. The van der Waals surface area contributed by atoms with Crippen LogP contribution in [-0.2, 0) is 4.79 Å². The summed E-state index contributed by atoms with van der Waals surface area (Å²) in [5.74, 6) is -0.285. The molecule has 92 valence electrons. The molecule has 0 aliphatic rings. The number of amides is 1. The second-order valence-electron chi connectivity index (χ2n) is 4.79. The predicted molar refractivity (Wildman–Crippen MR) is 68.8 cm³/mol. The molecule has 0 aromatic heterocycles. The Hall–Kier alpha value is -1.09. The summed E-state index contributed by atoms with van der Waals surface area (Å²) < 4.78 is 0.798. The Bertz CT molecular complexity index is 267. The minimum absolute atomic E-state index is 0.285. The average molecular weight is 225 g/mol. The van der Waals surface area contributed by atoms with Gasteiger partial charge in [-0.25, -0.2) is 0 Å². The minimum Gasteiger partial charge on any atom is -0.366 e. The topological polar surface area (TPSA) is 43.1 Å². The van der Waals surface area contributed by atoms with E-state index >= 15 is 0 Å². The van der Waals surface area contributed by atoms with Gasteiger partial charge in [-0.15, -0.1) is 0 Å². The molecule has 0 bridgehead atoms. The van der Waals surface area contributed by atoms with Gasteiger partial charge in [0.25, 0.3) is 0 Å². The SMILES string of the molecule is C=CC[N+](C)(C)CC=C(CCCC)C(N)=O. The van der Waals surface area contributed by atoms with Crippen molar-refractivity contribution in [2.45, 2.75) is 26.2 Å². The van der Waals surface area contributed by atoms with Gasteiger partial charge in [0.2, 0.25) is 5.91 Å². The van der Waals surface area contributed by atoms with Crippen molar-refractivity contribution in [1.29, 1.82) is 0 Å². The van der Waals surface area contributed by atoms with Gasteiger partial charge in [-0.05, 0) is 25.0 Å². The summed E-state index contributed by atoms with van der Waals surface area (Å²) >= 11 is 0. The highest BCUT2D eigenvalue weighted by molar-refractivity contribution is 5.91. The molecule has 0 aliphatic heterocycles. The van der Waals surface area contributed by atoms with Gasteiger partial charge in [0.15, 0.2) is 0 Å². The maximum absolute atomic E-state index is 11.2. The number of hydrogen-bond acceptors (Lipinski definition) is 1. The number of carbonyl (C=O) groups is 1. The van der Waals surface area contributed by atoms with E-state index in [9.17, 15) is 4.79 Å². The van der Waals surface area contributed by atoms with E-state index in [4.69, 9.17) is 5.73 Å². The molecule has 0 aliphatic carbocycles. The van der Waals surface area contributed by atoms with E-state index < -0.39 is 0 Å². The number of unbranched alkanes of at least 4 members (excludes halogenated alkanes) is 1. The van der Waals surface area contributed by atoms with E-state index in [1.54, 1.807) is 0 Å². The van der Waals surface area contributed by atoms with Crippen LogP contribution in [0.1, 0.15) is 26.2 Å². The molecule has 0 spiro atoms. The lowest BCUT2D eigenvalue weighted by Crippen LogP contribution is -2.40. The Morgan fingerprint density at radius 1 is 1.38 bits per heavy atom. The number of nitrogens with two attached hydrogens (primary N) is 1. The summed E-state index contributed by atoms with van der Waals surface area (Å²) in [6, 6.07) is 0. The third-order valence-corrected chi connectivity index (χ3v) is 2.57. The third kappa shape index (κ3) is 6.40. The van der Waals surface area contributed by atoms with Gasteiger partial charge in [-0.3, -0.25) is 4.79 Å². The van der Waals surface area contributed by atoms with Crippen molar-refractivity contribution in [3.8, 4) is 0 Å². The first-order valence-electron chi connectivity index (χ1n) is 5.84. The Labute approximate surface area is 99.2 Å². The summed E-state index contributed by atoms with van der Waals surface area (Å²) in [5.41, 5.74) is 6.11. The van der Waals surface area contributed by atoms with E-state index in [2.05, 4.69) is 27.6 Å².